The van der Waals surface area contributed by atoms with Gasteiger partial charge in [-0.1, -0.05) is 34.8 Å². The average molecular weight is 352 g/mol. The van der Waals surface area contributed by atoms with Crippen molar-refractivity contribution in [3.8, 4) is 0 Å². The maximum Gasteiger partial charge on any atom is 0.261 e. The summed E-state index contributed by atoms with van der Waals surface area (Å²) in [4.78, 5) is 0.0637. The number of nitrogen functional groups attached to an aromatic ring is 1. The van der Waals surface area contributed by atoms with Crippen LogP contribution in [0.2, 0.25) is 15.1 Å². The van der Waals surface area contributed by atoms with Crippen LogP contribution in [0.1, 0.15) is 0 Å². The Bertz CT molecular complexity index is 746. The Morgan fingerprint density at radius 3 is 2.05 bits per heavy atom. The van der Waals surface area contributed by atoms with Gasteiger partial charge < -0.3 is 5.73 Å². The second kappa shape index (κ2) is 5.69. The van der Waals surface area contributed by atoms with Crippen LogP contribution in [0.15, 0.2) is 41.3 Å². The maximum atomic E-state index is 12.2. The number of sulfonamides is 1. The molecule has 106 valence electrons. The number of anilines is 2. The molecule has 0 atom stereocenters. The molecule has 2 aromatic rings. The second-order valence-electron chi connectivity index (χ2n) is 3.92. The van der Waals surface area contributed by atoms with Gasteiger partial charge in [0.2, 0.25) is 0 Å². The van der Waals surface area contributed by atoms with E-state index >= 15 is 0 Å². The Kier molecular flexibility index (Phi) is 4.34. The van der Waals surface area contributed by atoms with Crippen LogP contribution in [-0.2, 0) is 10.0 Å². The molecule has 0 saturated heterocycles. The van der Waals surface area contributed by atoms with Crippen molar-refractivity contribution >= 4 is 56.2 Å². The molecule has 0 aromatic heterocycles. The fourth-order valence-electron chi connectivity index (χ4n) is 1.45. The number of hydrogen-bond acceptors (Lipinski definition) is 3. The minimum Gasteiger partial charge on any atom is -0.399 e. The Balaban J connectivity index is 2.38. The first-order valence-corrected chi connectivity index (χ1v) is 7.94. The lowest BCUT2D eigenvalue weighted by molar-refractivity contribution is 0.601. The second-order valence-corrected chi connectivity index (χ2v) is 6.82. The Labute approximate surface area is 131 Å². The van der Waals surface area contributed by atoms with Gasteiger partial charge in [-0.3, -0.25) is 4.72 Å². The summed E-state index contributed by atoms with van der Waals surface area (Å²) in [6, 6.07) is 8.48. The SMILES string of the molecule is Nc1ccc(S(=O)(=O)Nc2cc(Cl)c(Cl)cc2Cl)cc1. The predicted octanol–water partition coefficient (Wildman–Crippen LogP) is 4.03. The molecule has 8 heteroatoms. The Morgan fingerprint density at radius 1 is 0.900 bits per heavy atom. The zero-order valence-electron chi connectivity index (χ0n) is 9.90. The number of nitrogens with one attached hydrogen (secondary N) is 1. The molecule has 0 amide bonds. The zero-order chi connectivity index (χ0) is 14.9. The number of rotatable bonds is 3. The van der Waals surface area contributed by atoms with Gasteiger partial charge in [0.1, 0.15) is 0 Å². The van der Waals surface area contributed by atoms with Crippen molar-refractivity contribution < 1.29 is 8.42 Å². The molecule has 0 saturated carbocycles. The fraction of sp³-hybridized carbons (Fsp3) is 0. The van der Waals surface area contributed by atoms with Crippen molar-refractivity contribution in [1.82, 2.24) is 0 Å². The highest BCUT2D eigenvalue weighted by molar-refractivity contribution is 7.92. The van der Waals surface area contributed by atoms with E-state index in [-0.39, 0.29) is 25.7 Å². The van der Waals surface area contributed by atoms with Gasteiger partial charge >= 0.3 is 0 Å². The molecule has 0 radical (unpaired) electrons. The van der Waals surface area contributed by atoms with Crippen molar-refractivity contribution in [3.63, 3.8) is 0 Å². The van der Waals surface area contributed by atoms with Gasteiger partial charge in [-0.25, -0.2) is 8.42 Å². The third kappa shape index (κ3) is 3.30. The van der Waals surface area contributed by atoms with Crippen LogP contribution in [0.3, 0.4) is 0 Å². The van der Waals surface area contributed by atoms with Crippen molar-refractivity contribution in [2.45, 2.75) is 4.90 Å². The smallest absolute Gasteiger partial charge is 0.261 e. The fourth-order valence-corrected chi connectivity index (χ4v) is 3.17. The molecule has 2 aromatic carbocycles. The van der Waals surface area contributed by atoms with E-state index in [1.165, 1.54) is 36.4 Å². The number of halogens is 3. The van der Waals surface area contributed by atoms with Gasteiger partial charge in [-0.15, -0.1) is 0 Å². The monoisotopic (exact) mass is 350 g/mol. The summed E-state index contributed by atoms with van der Waals surface area (Å²) >= 11 is 17.6. The van der Waals surface area contributed by atoms with Crippen molar-refractivity contribution in [2.24, 2.45) is 0 Å². The average Bonchev–Trinajstić information content (AvgIpc) is 2.36. The molecular weight excluding hydrogens is 343 g/mol. The van der Waals surface area contributed by atoms with Crippen molar-refractivity contribution in [1.29, 1.82) is 0 Å². The summed E-state index contributed by atoms with van der Waals surface area (Å²) in [6.07, 6.45) is 0. The van der Waals surface area contributed by atoms with E-state index in [2.05, 4.69) is 4.72 Å². The van der Waals surface area contributed by atoms with Crippen LogP contribution in [0.4, 0.5) is 11.4 Å². The van der Waals surface area contributed by atoms with Gasteiger partial charge in [0.15, 0.2) is 0 Å². The third-order valence-electron chi connectivity index (χ3n) is 2.44. The molecule has 0 aliphatic carbocycles. The molecule has 0 spiro atoms. The summed E-state index contributed by atoms with van der Waals surface area (Å²) in [5, 5.41) is 0.594. The lowest BCUT2D eigenvalue weighted by Crippen LogP contribution is -2.13. The topological polar surface area (TPSA) is 72.2 Å². The summed E-state index contributed by atoms with van der Waals surface area (Å²) in [6.45, 7) is 0. The van der Waals surface area contributed by atoms with Crippen LogP contribution < -0.4 is 10.5 Å². The van der Waals surface area contributed by atoms with Crippen LogP contribution in [0, 0.1) is 0 Å². The lowest BCUT2D eigenvalue weighted by Gasteiger charge is -2.11. The normalized spacial score (nSPS) is 11.3. The minimum absolute atomic E-state index is 0.0637. The third-order valence-corrected chi connectivity index (χ3v) is 4.86. The molecule has 0 heterocycles. The quantitative estimate of drug-likeness (QED) is 0.648. The Morgan fingerprint density at radius 2 is 1.45 bits per heavy atom. The molecule has 0 bridgehead atoms. The molecule has 4 nitrogen and oxygen atoms in total. The van der Waals surface area contributed by atoms with Crippen LogP contribution in [0.25, 0.3) is 0 Å². The molecular formula is C12H9Cl3N2O2S. The standard InChI is InChI=1S/C12H9Cl3N2O2S/c13-9-5-11(15)12(6-10(9)14)17-20(18,19)8-3-1-7(16)2-4-8/h1-6,17H,16H2. The largest absolute Gasteiger partial charge is 0.399 e. The number of hydrogen-bond donors (Lipinski definition) is 2. The first kappa shape index (κ1) is 15.3. The molecule has 20 heavy (non-hydrogen) atoms. The summed E-state index contributed by atoms with van der Waals surface area (Å²) in [7, 11) is -3.77. The first-order chi connectivity index (χ1) is 9.29. The maximum absolute atomic E-state index is 12.2. The predicted molar refractivity (Wildman–Crippen MR) is 83.1 cm³/mol. The highest BCUT2D eigenvalue weighted by atomic mass is 35.5. The van der Waals surface area contributed by atoms with Crippen LogP contribution in [0.5, 0.6) is 0 Å². The molecule has 2 rings (SSSR count). The van der Waals surface area contributed by atoms with E-state index in [0.717, 1.165) is 0 Å². The molecule has 0 fully saturated rings. The summed E-state index contributed by atoms with van der Waals surface area (Å²) in [5.74, 6) is 0. The van der Waals surface area contributed by atoms with Gasteiger partial charge in [-0.2, -0.15) is 0 Å². The number of nitrogens with two attached hydrogens (primary N) is 1. The van der Waals surface area contributed by atoms with E-state index in [1.54, 1.807) is 0 Å². The van der Waals surface area contributed by atoms with E-state index in [9.17, 15) is 8.42 Å². The molecule has 3 N–H and O–H groups in total. The lowest BCUT2D eigenvalue weighted by atomic mass is 10.3. The van der Waals surface area contributed by atoms with Gasteiger partial charge in [0.05, 0.1) is 25.7 Å². The van der Waals surface area contributed by atoms with Crippen LogP contribution >= 0.6 is 34.8 Å². The zero-order valence-corrected chi connectivity index (χ0v) is 13.0. The van der Waals surface area contributed by atoms with Crippen LogP contribution in [-0.4, -0.2) is 8.42 Å². The molecule has 0 aliphatic heterocycles. The molecule has 0 aliphatic rings. The van der Waals surface area contributed by atoms with E-state index in [1.807, 2.05) is 0 Å². The van der Waals surface area contributed by atoms with E-state index < -0.39 is 10.0 Å². The van der Waals surface area contributed by atoms with Gasteiger partial charge in [0, 0.05) is 5.69 Å². The van der Waals surface area contributed by atoms with E-state index in [4.69, 9.17) is 40.5 Å². The minimum atomic E-state index is -3.77. The highest BCUT2D eigenvalue weighted by Crippen LogP contribution is 2.33. The van der Waals surface area contributed by atoms with Crippen molar-refractivity contribution in [3.05, 3.63) is 51.5 Å². The van der Waals surface area contributed by atoms with Gasteiger partial charge in [0.25, 0.3) is 10.0 Å². The number of benzene rings is 2. The molecule has 0 unspecified atom stereocenters. The summed E-state index contributed by atoms with van der Waals surface area (Å²) < 4.78 is 26.7. The summed E-state index contributed by atoms with van der Waals surface area (Å²) in [5.41, 5.74) is 6.13. The van der Waals surface area contributed by atoms with Crippen molar-refractivity contribution in [2.75, 3.05) is 10.5 Å². The first-order valence-electron chi connectivity index (χ1n) is 5.32. The van der Waals surface area contributed by atoms with E-state index in [0.29, 0.717) is 5.69 Å². The highest BCUT2D eigenvalue weighted by Gasteiger charge is 2.16. The Hall–Kier alpha value is -1.14. The van der Waals surface area contributed by atoms with Gasteiger partial charge in [-0.05, 0) is 36.4 Å².